The molecule has 1 unspecified atom stereocenters. The van der Waals surface area contributed by atoms with Crippen molar-refractivity contribution in [3.8, 4) is 0 Å². The van der Waals surface area contributed by atoms with Gasteiger partial charge in [-0.2, -0.15) is 0 Å². The number of hydrogen-bond acceptors (Lipinski definition) is 16. The van der Waals surface area contributed by atoms with E-state index in [0.29, 0.717) is 148 Å². The van der Waals surface area contributed by atoms with E-state index in [2.05, 4.69) is 40.7 Å². The number of carbonyl (C=O) groups is 5. The number of nitrogens with two attached hydrogens (primary N) is 1. The lowest BCUT2D eigenvalue weighted by molar-refractivity contribution is -0.137. The Bertz CT molecular complexity index is 2480. The summed E-state index contributed by atoms with van der Waals surface area (Å²) >= 11 is 6.23. The molecule has 4 aromatic rings. The molecule has 0 spiro atoms. The van der Waals surface area contributed by atoms with Crippen LogP contribution in [0.1, 0.15) is 66.1 Å². The van der Waals surface area contributed by atoms with Gasteiger partial charge in [0.2, 0.25) is 23.6 Å². The fraction of sp³-hybridized carbons (Fsp3) is 0.549. The second kappa shape index (κ2) is 26.4. The number of aromatic nitrogens is 3. The maximum atomic E-state index is 13.9. The van der Waals surface area contributed by atoms with Crippen LogP contribution in [0.3, 0.4) is 0 Å². The molecule has 2 atom stereocenters. The van der Waals surface area contributed by atoms with Crippen molar-refractivity contribution in [1.29, 1.82) is 0 Å². The minimum atomic E-state index is -1.02. The van der Waals surface area contributed by atoms with E-state index >= 15 is 0 Å². The summed E-state index contributed by atoms with van der Waals surface area (Å²) in [4.78, 5) is 83.7. The molecule has 22 heteroatoms. The second-order valence-corrected chi connectivity index (χ2v) is 19.1. The minimum Gasteiger partial charge on any atom is -0.382 e. The maximum absolute atomic E-state index is 13.9. The monoisotopic (exact) mass is 1030 g/mol. The van der Waals surface area contributed by atoms with Crippen LogP contribution in [-0.2, 0) is 49.4 Å². The van der Waals surface area contributed by atoms with Crippen LogP contribution < -0.4 is 26.6 Å². The first-order valence-electron chi connectivity index (χ1n) is 25.3. The van der Waals surface area contributed by atoms with Gasteiger partial charge in [0.05, 0.1) is 89.5 Å². The van der Waals surface area contributed by atoms with Crippen molar-refractivity contribution in [2.75, 3.05) is 129 Å². The number of benzene rings is 2. The van der Waals surface area contributed by atoms with Gasteiger partial charge < -0.3 is 59.7 Å². The zero-order valence-corrected chi connectivity index (χ0v) is 42.1. The number of fused-ring (bicyclic) bond motifs is 2. The molecule has 4 aliphatic rings. The van der Waals surface area contributed by atoms with Crippen molar-refractivity contribution >= 4 is 63.7 Å². The van der Waals surface area contributed by atoms with Crippen molar-refractivity contribution in [1.82, 2.24) is 40.3 Å². The predicted octanol–water partition coefficient (Wildman–Crippen LogP) is 2.65. The molecule has 8 rings (SSSR count). The van der Waals surface area contributed by atoms with E-state index in [1.807, 2.05) is 53.6 Å². The number of H-pyrrole nitrogens is 1. The van der Waals surface area contributed by atoms with Gasteiger partial charge in [-0.3, -0.25) is 34.2 Å². The fourth-order valence-electron chi connectivity index (χ4n) is 9.62. The first-order valence-corrected chi connectivity index (χ1v) is 25.7. The van der Waals surface area contributed by atoms with E-state index in [-0.39, 0.29) is 36.1 Å². The number of halogens is 1. The first kappa shape index (κ1) is 53.5. The van der Waals surface area contributed by atoms with Crippen molar-refractivity contribution in [2.24, 2.45) is 5.73 Å². The van der Waals surface area contributed by atoms with Gasteiger partial charge in [-0.05, 0) is 61.6 Å². The molecule has 3 fully saturated rings. The lowest BCUT2D eigenvalue weighted by Crippen LogP contribution is -2.60. The van der Waals surface area contributed by atoms with Crippen molar-refractivity contribution in [2.45, 2.75) is 62.7 Å². The third-order valence-electron chi connectivity index (χ3n) is 13.9. The zero-order valence-electron chi connectivity index (χ0n) is 41.3. The van der Waals surface area contributed by atoms with Gasteiger partial charge in [0.1, 0.15) is 23.8 Å². The average molecular weight is 1030 g/mol. The van der Waals surface area contributed by atoms with Gasteiger partial charge in [-0.25, -0.2) is 9.97 Å². The van der Waals surface area contributed by atoms with Crippen LogP contribution in [-0.4, -0.2) is 189 Å². The predicted molar refractivity (Wildman–Crippen MR) is 272 cm³/mol. The van der Waals surface area contributed by atoms with Crippen LogP contribution in [0.5, 0.6) is 0 Å². The molecule has 5 amide bonds. The Morgan fingerprint density at radius 1 is 0.822 bits per heavy atom. The van der Waals surface area contributed by atoms with Gasteiger partial charge in [-0.15, -0.1) is 0 Å². The number of aromatic amines is 1. The summed E-state index contributed by atoms with van der Waals surface area (Å²) in [6.07, 6.45) is 5.88. The largest absolute Gasteiger partial charge is 0.382 e. The van der Waals surface area contributed by atoms with Crippen LogP contribution in [0.25, 0.3) is 11.0 Å². The number of ether oxygens (including phenoxy) is 5. The van der Waals surface area contributed by atoms with Crippen molar-refractivity contribution in [3.05, 3.63) is 82.8 Å². The van der Waals surface area contributed by atoms with E-state index in [1.165, 1.54) is 4.90 Å². The van der Waals surface area contributed by atoms with E-state index < -0.39 is 17.5 Å². The van der Waals surface area contributed by atoms with Crippen molar-refractivity contribution in [3.63, 3.8) is 0 Å². The van der Waals surface area contributed by atoms with Crippen LogP contribution in [0.2, 0.25) is 5.02 Å². The van der Waals surface area contributed by atoms with Crippen LogP contribution >= 0.6 is 11.6 Å². The van der Waals surface area contributed by atoms with Crippen molar-refractivity contribution < 1.29 is 47.7 Å². The van der Waals surface area contributed by atoms with E-state index in [4.69, 9.17) is 41.0 Å². The van der Waals surface area contributed by atoms with E-state index in [0.717, 1.165) is 53.3 Å². The molecule has 6 heterocycles. The molecule has 3 saturated heterocycles. The number of anilines is 2. The van der Waals surface area contributed by atoms with Crippen LogP contribution in [0.4, 0.5) is 11.5 Å². The Balaban J connectivity index is 0.614. The summed E-state index contributed by atoms with van der Waals surface area (Å²) in [6, 6.07) is 14.1. The highest BCUT2D eigenvalue weighted by atomic mass is 35.5. The molecule has 0 radical (unpaired) electrons. The average Bonchev–Trinajstić information content (AvgIpc) is 4.03. The molecule has 21 nitrogen and oxygen atoms in total. The van der Waals surface area contributed by atoms with E-state index in [1.54, 1.807) is 12.4 Å². The standard InChI is InChI=1S/C51H68ClN11O10/c52-37-6-4-36(5-7-37)41(58-50(68)51(53)13-18-62(19-14-51)47-39-10-15-55-46(39)56-35-57-47)11-17-60-20-22-61(23-21-60)45(65)12-24-69-26-28-71-30-32-73-33-31-72-29-27-70-25-16-54-42-3-1-2-38-40(42)34-63(49(38)67)43-8-9-44(64)59-48(43)66/h1-7,10,15,35,41,43,54H,8-9,11-14,16-34,53H2,(H,58,68)(H,55,56,57)(H,59,64,66)/t41-,43?/m0/s1. The number of piperazine rings is 1. The van der Waals surface area contributed by atoms with Gasteiger partial charge in [0.25, 0.3) is 5.91 Å². The highest BCUT2D eigenvalue weighted by Crippen LogP contribution is 2.33. The lowest BCUT2D eigenvalue weighted by atomic mass is 9.87. The topological polar surface area (TPSA) is 248 Å². The molecule has 2 aromatic carbocycles. The molecule has 6 N–H and O–H groups in total. The summed E-state index contributed by atoms with van der Waals surface area (Å²) in [5, 5.41) is 10.5. The number of piperidine rings is 2. The summed E-state index contributed by atoms with van der Waals surface area (Å²) in [5.74, 6) is -0.208. The van der Waals surface area contributed by atoms with Gasteiger partial charge in [0.15, 0.2) is 0 Å². The highest BCUT2D eigenvalue weighted by Gasteiger charge is 2.41. The van der Waals surface area contributed by atoms with E-state index in [9.17, 15) is 24.0 Å². The number of imide groups is 1. The Labute approximate surface area is 430 Å². The van der Waals surface area contributed by atoms with Gasteiger partial charge in [-0.1, -0.05) is 29.8 Å². The number of rotatable bonds is 27. The quantitative estimate of drug-likeness (QED) is 0.0426. The number of nitrogens with zero attached hydrogens (tertiary/aromatic N) is 6. The number of nitrogens with one attached hydrogen (secondary N) is 4. The number of hydrogen-bond donors (Lipinski definition) is 5. The molecule has 2 aromatic heterocycles. The lowest BCUT2D eigenvalue weighted by Gasteiger charge is -2.39. The summed E-state index contributed by atoms with van der Waals surface area (Å²) in [5.41, 5.74) is 9.75. The third-order valence-corrected chi connectivity index (χ3v) is 14.1. The zero-order chi connectivity index (χ0) is 51.0. The molecule has 0 saturated carbocycles. The Morgan fingerprint density at radius 2 is 1.49 bits per heavy atom. The van der Waals surface area contributed by atoms with Crippen LogP contribution in [0.15, 0.2) is 61.1 Å². The van der Waals surface area contributed by atoms with Gasteiger partial charge in [0, 0.05) is 93.4 Å². The Kier molecular flexibility index (Phi) is 19.4. The second-order valence-electron chi connectivity index (χ2n) is 18.6. The maximum Gasteiger partial charge on any atom is 0.255 e. The molecule has 394 valence electrons. The number of carbonyl (C=O) groups excluding carboxylic acids is 5. The molecule has 0 aliphatic carbocycles. The Hall–Kier alpha value is -5.78. The normalized spacial score (nSPS) is 18.5. The molecular weight excluding hydrogens is 962 g/mol. The van der Waals surface area contributed by atoms with Crippen LogP contribution in [0, 0.1) is 0 Å². The highest BCUT2D eigenvalue weighted by molar-refractivity contribution is 6.30. The smallest absolute Gasteiger partial charge is 0.255 e. The molecule has 73 heavy (non-hydrogen) atoms. The molecule has 0 bridgehead atoms. The molecule has 4 aliphatic heterocycles. The Morgan fingerprint density at radius 3 is 2.18 bits per heavy atom. The SMILES string of the molecule is NC1(C(=O)N[C@@H](CCN2CCN(C(=O)CCOCCOCCOCCOCCOCCNc3cccc4c3CN(C3CCC(=O)NC3=O)C4=O)CC2)c2ccc(Cl)cc2)CCN(c2ncnc3[nH]ccc23)CC1. The summed E-state index contributed by atoms with van der Waals surface area (Å²) in [7, 11) is 0. The first-order chi connectivity index (χ1) is 35.6. The third kappa shape index (κ3) is 14.5. The summed E-state index contributed by atoms with van der Waals surface area (Å²) < 4.78 is 28.2. The minimum absolute atomic E-state index is 0.0656. The number of amides is 5. The molecular formula is C51H68ClN11O10. The fourth-order valence-corrected chi connectivity index (χ4v) is 9.74. The summed E-state index contributed by atoms with van der Waals surface area (Å²) in [6.45, 7) is 9.54. The van der Waals surface area contributed by atoms with Gasteiger partial charge >= 0.3 is 0 Å².